The van der Waals surface area contributed by atoms with Crippen molar-refractivity contribution in [3.05, 3.63) is 17.5 Å². The van der Waals surface area contributed by atoms with Gasteiger partial charge < -0.3 is 10.4 Å². The van der Waals surface area contributed by atoms with Gasteiger partial charge in [0.15, 0.2) is 0 Å². The molecule has 0 aliphatic rings. The number of nitrogens with zero attached hydrogens (tertiary/aromatic N) is 2. The Hall–Kier alpha value is -0.870. The Bertz CT molecular complexity index is 283. The predicted octanol–water partition coefficient (Wildman–Crippen LogP) is 0.589. The number of hydrogen-bond acceptors (Lipinski definition) is 3. The van der Waals surface area contributed by atoms with E-state index in [1.165, 1.54) is 11.3 Å². The topological polar surface area (TPSA) is 50.1 Å². The lowest BCUT2D eigenvalue weighted by Gasteiger charge is -2.08. The Labute approximate surface area is 84.9 Å². The summed E-state index contributed by atoms with van der Waals surface area (Å²) in [7, 11) is 1.93. The second-order valence-electron chi connectivity index (χ2n) is 3.57. The molecule has 1 aromatic heterocycles. The van der Waals surface area contributed by atoms with Gasteiger partial charge in [-0.15, -0.1) is 0 Å². The molecule has 0 amide bonds. The summed E-state index contributed by atoms with van der Waals surface area (Å²) in [5.74, 6) is 0. The average Bonchev–Trinajstić information content (AvgIpc) is 2.49. The van der Waals surface area contributed by atoms with Crippen LogP contribution >= 0.6 is 0 Å². The van der Waals surface area contributed by atoms with Gasteiger partial charge in [-0.1, -0.05) is 6.92 Å². The maximum atomic E-state index is 9.33. The Morgan fingerprint density at radius 1 is 1.64 bits per heavy atom. The number of aryl methyl sites for hydroxylation is 1. The van der Waals surface area contributed by atoms with Crippen molar-refractivity contribution in [3.63, 3.8) is 0 Å². The summed E-state index contributed by atoms with van der Waals surface area (Å²) >= 11 is 0. The fourth-order valence-electron chi connectivity index (χ4n) is 1.24. The summed E-state index contributed by atoms with van der Waals surface area (Å²) in [5.41, 5.74) is 2.36. The van der Waals surface area contributed by atoms with E-state index in [9.17, 15) is 5.11 Å². The molecule has 14 heavy (non-hydrogen) atoms. The van der Waals surface area contributed by atoms with E-state index in [2.05, 4.69) is 10.4 Å². The van der Waals surface area contributed by atoms with Gasteiger partial charge in [0, 0.05) is 31.4 Å². The summed E-state index contributed by atoms with van der Waals surface area (Å²) < 4.78 is 1.85. The Morgan fingerprint density at radius 2 is 2.36 bits per heavy atom. The lowest BCUT2D eigenvalue weighted by molar-refractivity contribution is 0.167. The molecule has 0 fully saturated rings. The van der Waals surface area contributed by atoms with Crippen molar-refractivity contribution in [1.29, 1.82) is 0 Å². The van der Waals surface area contributed by atoms with Crippen LogP contribution < -0.4 is 5.32 Å². The first kappa shape index (κ1) is 11.2. The van der Waals surface area contributed by atoms with E-state index in [1.807, 2.05) is 31.8 Å². The first-order valence-electron chi connectivity index (χ1n) is 5.01. The molecule has 0 spiro atoms. The molecule has 0 bridgehead atoms. The molecular formula is C10H19N3O. The summed E-state index contributed by atoms with van der Waals surface area (Å²) in [4.78, 5) is 0. The fraction of sp³-hybridized carbons (Fsp3) is 0.700. The molecule has 80 valence electrons. The van der Waals surface area contributed by atoms with E-state index < -0.39 is 0 Å². The highest BCUT2D eigenvalue weighted by Gasteiger charge is 2.04. The van der Waals surface area contributed by atoms with E-state index in [-0.39, 0.29) is 6.10 Å². The van der Waals surface area contributed by atoms with Crippen LogP contribution in [-0.2, 0) is 13.6 Å². The van der Waals surface area contributed by atoms with Crippen LogP contribution in [0.15, 0.2) is 6.20 Å². The van der Waals surface area contributed by atoms with Gasteiger partial charge in [0.1, 0.15) is 0 Å². The van der Waals surface area contributed by atoms with E-state index in [0.29, 0.717) is 6.54 Å². The number of nitrogens with one attached hydrogen (secondary N) is 1. The zero-order valence-electron chi connectivity index (χ0n) is 9.12. The van der Waals surface area contributed by atoms with Crippen molar-refractivity contribution < 1.29 is 5.11 Å². The monoisotopic (exact) mass is 197 g/mol. The first-order chi connectivity index (χ1) is 6.65. The number of aliphatic hydroxyl groups is 1. The minimum atomic E-state index is -0.244. The normalized spacial score (nSPS) is 13.1. The number of aliphatic hydroxyl groups excluding tert-OH is 1. The molecule has 0 aliphatic carbocycles. The molecule has 0 radical (unpaired) electrons. The van der Waals surface area contributed by atoms with Crippen LogP contribution in [0.4, 0.5) is 0 Å². The van der Waals surface area contributed by atoms with Crippen LogP contribution in [0, 0.1) is 6.92 Å². The van der Waals surface area contributed by atoms with Crippen molar-refractivity contribution in [2.75, 3.05) is 6.54 Å². The Balaban J connectivity index is 2.35. The highest BCUT2D eigenvalue weighted by atomic mass is 16.3. The third-order valence-corrected chi connectivity index (χ3v) is 2.50. The molecule has 0 saturated carbocycles. The minimum Gasteiger partial charge on any atom is -0.392 e. The van der Waals surface area contributed by atoms with Gasteiger partial charge in [0.05, 0.1) is 12.3 Å². The van der Waals surface area contributed by atoms with Crippen LogP contribution in [-0.4, -0.2) is 27.5 Å². The SMILES string of the molecule is CCC(O)CNCc1cnn(C)c1C. The Morgan fingerprint density at radius 3 is 2.86 bits per heavy atom. The van der Waals surface area contributed by atoms with Gasteiger partial charge in [-0.25, -0.2) is 0 Å². The van der Waals surface area contributed by atoms with Gasteiger partial charge in [0.2, 0.25) is 0 Å². The molecule has 1 unspecified atom stereocenters. The second kappa shape index (κ2) is 5.12. The standard InChI is InChI=1S/C10H19N3O/c1-4-10(14)7-11-5-9-6-12-13(3)8(9)2/h6,10-11,14H,4-5,7H2,1-3H3. The van der Waals surface area contributed by atoms with E-state index >= 15 is 0 Å². The number of rotatable bonds is 5. The molecule has 0 saturated heterocycles. The molecule has 4 heteroatoms. The van der Waals surface area contributed by atoms with Crippen molar-refractivity contribution in [2.45, 2.75) is 32.9 Å². The molecule has 1 aromatic rings. The largest absolute Gasteiger partial charge is 0.392 e. The van der Waals surface area contributed by atoms with Crippen molar-refractivity contribution in [1.82, 2.24) is 15.1 Å². The van der Waals surface area contributed by atoms with E-state index in [4.69, 9.17) is 0 Å². The van der Waals surface area contributed by atoms with Crippen LogP contribution in [0.3, 0.4) is 0 Å². The lowest BCUT2D eigenvalue weighted by atomic mass is 10.2. The molecule has 0 aliphatic heterocycles. The zero-order chi connectivity index (χ0) is 10.6. The van der Waals surface area contributed by atoms with Crippen LogP contribution in [0.2, 0.25) is 0 Å². The molecule has 1 rings (SSSR count). The molecule has 4 nitrogen and oxygen atoms in total. The van der Waals surface area contributed by atoms with Gasteiger partial charge in [-0.05, 0) is 13.3 Å². The quantitative estimate of drug-likeness (QED) is 0.726. The number of aromatic nitrogens is 2. The molecule has 1 heterocycles. The summed E-state index contributed by atoms with van der Waals surface area (Å²) in [6.07, 6.45) is 2.41. The average molecular weight is 197 g/mol. The van der Waals surface area contributed by atoms with Crippen LogP contribution in [0.5, 0.6) is 0 Å². The Kier molecular flexibility index (Phi) is 4.10. The molecule has 1 atom stereocenters. The highest BCUT2D eigenvalue weighted by molar-refractivity contribution is 5.15. The van der Waals surface area contributed by atoms with Gasteiger partial charge in [-0.3, -0.25) is 4.68 Å². The lowest BCUT2D eigenvalue weighted by Crippen LogP contribution is -2.25. The van der Waals surface area contributed by atoms with Crippen molar-refractivity contribution >= 4 is 0 Å². The van der Waals surface area contributed by atoms with Crippen molar-refractivity contribution in [2.24, 2.45) is 7.05 Å². The molecule has 2 N–H and O–H groups in total. The van der Waals surface area contributed by atoms with Crippen molar-refractivity contribution in [3.8, 4) is 0 Å². The zero-order valence-corrected chi connectivity index (χ0v) is 9.12. The number of hydrogen-bond donors (Lipinski definition) is 2. The summed E-state index contributed by atoms with van der Waals surface area (Å²) in [6, 6.07) is 0. The predicted molar refractivity (Wildman–Crippen MR) is 55.9 cm³/mol. The molecule has 0 aromatic carbocycles. The third-order valence-electron chi connectivity index (χ3n) is 2.50. The van der Waals surface area contributed by atoms with E-state index in [0.717, 1.165) is 13.0 Å². The smallest absolute Gasteiger partial charge is 0.0662 e. The first-order valence-corrected chi connectivity index (χ1v) is 5.01. The second-order valence-corrected chi connectivity index (χ2v) is 3.57. The van der Waals surface area contributed by atoms with Crippen LogP contribution in [0.25, 0.3) is 0 Å². The summed E-state index contributed by atoms with van der Waals surface area (Å²) in [5, 5.41) is 16.7. The molecular weight excluding hydrogens is 178 g/mol. The minimum absolute atomic E-state index is 0.244. The fourth-order valence-corrected chi connectivity index (χ4v) is 1.24. The van der Waals surface area contributed by atoms with E-state index in [1.54, 1.807) is 0 Å². The highest BCUT2D eigenvalue weighted by Crippen LogP contribution is 2.04. The van der Waals surface area contributed by atoms with Gasteiger partial charge >= 0.3 is 0 Å². The van der Waals surface area contributed by atoms with Gasteiger partial charge in [0.25, 0.3) is 0 Å². The van der Waals surface area contributed by atoms with Gasteiger partial charge in [-0.2, -0.15) is 5.10 Å². The summed E-state index contributed by atoms with van der Waals surface area (Å²) in [6.45, 7) is 5.43. The van der Waals surface area contributed by atoms with Crippen LogP contribution in [0.1, 0.15) is 24.6 Å². The maximum absolute atomic E-state index is 9.33. The maximum Gasteiger partial charge on any atom is 0.0662 e. The third kappa shape index (κ3) is 2.82.